The summed E-state index contributed by atoms with van der Waals surface area (Å²) in [5, 5.41) is 0. The fourth-order valence-corrected chi connectivity index (χ4v) is 2.87. The molecular weight excluding hydrogens is 322 g/mol. The minimum Gasteiger partial charge on any atom is -0.289 e. The van der Waals surface area contributed by atoms with Crippen LogP contribution in [0.15, 0.2) is 48.5 Å². The zero-order chi connectivity index (χ0) is 17.7. The lowest BCUT2D eigenvalue weighted by Gasteiger charge is -2.06. The molecule has 0 heterocycles. The molecule has 0 aliphatic rings. The summed E-state index contributed by atoms with van der Waals surface area (Å²) in [6.45, 7) is 5.60. The topological polar surface area (TPSA) is 63.2 Å². The van der Waals surface area contributed by atoms with Crippen molar-refractivity contribution >= 4 is 27.6 Å². The third-order valence-electron chi connectivity index (χ3n) is 3.66. The van der Waals surface area contributed by atoms with Crippen LogP contribution < -0.4 is 4.72 Å². The van der Waals surface area contributed by atoms with Crippen molar-refractivity contribution in [1.82, 2.24) is 0 Å². The molecule has 0 saturated carbocycles. The van der Waals surface area contributed by atoms with Crippen LogP contribution in [-0.4, -0.2) is 20.0 Å². The number of rotatable bonds is 6. The molecule has 0 aliphatic carbocycles. The largest absolute Gasteiger partial charge is 0.289 e. The molecule has 0 unspecified atom stereocenters. The van der Waals surface area contributed by atoms with Gasteiger partial charge in [0.15, 0.2) is 5.78 Å². The normalized spacial score (nSPS) is 11.6. The highest BCUT2D eigenvalue weighted by molar-refractivity contribution is 7.92. The Morgan fingerprint density at radius 1 is 1.08 bits per heavy atom. The number of hydrogen-bond acceptors (Lipinski definition) is 3. The van der Waals surface area contributed by atoms with E-state index in [1.807, 2.05) is 26.0 Å². The monoisotopic (exact) mass is 343 g/mol. The second-order valence-electron chi connectivity index (χ2n) is 5.64. The minimum absolute atomic E-state index is 0.00627. The highest BCUT2D eigenvalue weighted by Gasteiger charge is 2.07. The zero-order valence-corrected chi connectivity index (χ0v) is 14.9. The molecule has 0 fully saturated rings. The maximum Gasteiger partial charge on any atom is 0.232 e. The summed E-state index contributed by atoms with van der Waals surface area (Å²) in [7, 11) is -3.31. The lowest BCUT2D eigenvalue weighted by atomic mass is 10.0. The van der Waals surface area contributed by atoms with Crippen LogP contribution in [0.4, 0.5) is 5.69 Å². The summed E-state index contributed by atoms with van der Waals surface area (Å²) in [6.07, 6.45) is 3.33. The van der Waals surface area contributed by atoms with E-state index in [9.17, 15) is 13.2 Å². The number of hydrogen-bond donors (Lipinski definition) is 1. The molecule has 2 rings (SSSR count). The first-order chi connectivity index (χ1) is 11.3. The highest BCUT2D eigenvalue weighted by Crippen LogP contribution is 2.15. The molecule has 0 spiro atoms. The first-order valence-electron chi connectivity index (χ1n) is 7.71. The van der Waals surface area contributed by atoms with Gasteiger partial charge >= 0.3 is 0 Å². The number of sulfonamides is 1. The number of ketones is 1. The minimum atomic E-state index is -3.31. The maximum atomic E-state index is 12.2. The van der Waals surface area contributed by atoms with Crippen LogP contribution in [0.1, 0.15) is 34.0 Å². The molecular formula is C19H21NO3S. The first kappa shape index (κ1) is 17.9. The molecule has 0 atom stereocenters. The van der Waals surface area contributed by atoms with Crippen molar-refractivity contribution in [3.63, 3.8) is 0 Å². The van der Waals surface area contributed by atoms with Gasteiger partial charge in [-0.3, -0.25) is 9.52 Å². The predicted molar refractivity (Wildman–Crippen MR) is 98.8 cm³/mol. The molecule has 0 aliphatic heterocycles. The Morgan fingerprint density at radius 3 is 2.33 bits per heavy atom. The molecule has 4 nitrogen and oxygen atoms in total. The predicted octanol–water partition coefficient (Wildman–Crippen LogP) is 3.96. The Balaban J connectivity index is 2.11. The van der Waals surface area contributed by atoms with Crippen molar-refractivity contribution in [3.05, 3.63) is 70.8 Å². The fourth-order valence-electron chi connectivity index (χ4n) is 2.23. The van der Waals surface area contributed by atoms with Gasteiger partial charge in [-0.1, -0.05) is 29.8 Å². The van der Waals surface area contributed by atoms with Gasteiger partial charge in [0.1, 0.15) is 0 Å². The molecule has 0 aromatic heterocycles. The molecule has 0 bridgehead atoms. The molecule has 0 saturated heterocycles. The Labute approximate surface area is 143 Å². The van der Waals surface area contributed by atoms with Gasteiger partial charge in [-0.15, -0.1) is 0 Å². The number of nitrogens with one attached hydrogen (secondary N) is 1. The van der Waals surface area contributed by atoms with Gasteiger partial charge in [-0.05, 0) is 62.2 Å². The summed E-state index contributed by atoms with van der Waals surface area (Å²) < 4.78 is 25.5. The van der Waals surface area contributed by atoms with E-state index in [2.05, 4.69) is 10.8 Å². The van der Waals surface area contributed by atoms with E-state index in [1.165, 1.54) is 11.6 Å². The summed E-state index contributed by atoms with van der Waals surface area (Å²) >= 11 is 0. The Kier molecular flexibility index (Phi) is 5.57. The van der Waals surface area contributed by atoms with Gasteiger partial charge < -0.3 is 0 Å². The van der Waals surface area contributed by atoms with Crippen molar-refractivity contribution < 1.29 is 13.2 Å². The Morgan fingerprint density at radius 2 is 1.75 bits per heavy atom. The summed E-state index contributed by atoms with van der Waals surface area (Å²) in [5.74, 6) is -0.119. The first-order valence-corrected chi connectivity index (χ1v) is 9.36. The second-order valence-corrected chi connectivity index (χ2v) is 7.65. The van der Waals surface area contributed by atoms with Crippen molar-refractivity contribution in [2.24, 2.45) is 0 Å². The van der Waals surface area contributed by atoms with Crippen LogP contribution in [0, 0.1) is 13.8 Å². The molecule has 2 aromatic carbocycles. The molecule has 24 heavy (non-hydrogen) atoms. The van der Waals surface area contributed by atoms with Crippen LogP contribution in [0.25, 0.3) is 6.08 Å². The molecule has 5 heteroatoms. The van der Waals surface area contributed by atoms with Gasteiger partial charge in [0.2, 0.25) is 10.0 Å². The number of carbonyl (C=O) groups excluding carboxylic acids is 1. The van der Waals surface area contributed by atoms with Gasteiger partial charge in [0.25, 0.3) is 0 Å². The third-order valence-corrected chi connectivity index (χ3v) is 4.97. The number of anilines is 1. The average Bonchev–Trinajstić information content (AvgIpc) is 2.54. The van der Waals surface area contributed by atoms with E-state index in [0.29, 0.717) is 11.3 Å². The van der Waals surface area contributed by atoms with E-state index >= 15 is 0 Å². The summed E-state index contributed by atoms with van der Waals surface area (Å²) in [6, 6.07) is 12.5. The van der Waals surface area contributed by atoms with Crippen LogP contribution in [0.5, 0.6) is 0 Å². The van der Waals surface area contributed by atoms with E-state index < -0.39 is 10.0 Å². The summed E-state index contributed by atoms with van der Waals surface area (Å²) in [5.41, 5.74) is 4.26. The fraction of sp³-hybridized carbons (Fsp3) is 0.211. The quantitative estimate of drug-likeness (QED) is 0.638. The SMILES string of the molecule is CCS(=O)(=O)Nc1ccc(C(=O)C=Cc2ccc(C)cc2C)cc1. The van der Waals surface area contributed by atoms with Gasteiger partial charge in [0.05, 0.1) is 5.75 Å². The van der Waals surface area contributed by atoms with Crippen LogP contribution in [-0.2, 0) is 10.0 Å². The standard InChI is InChI=1S/C19H21NO3S/c1-4-24(22,23)20-18-10-7-17(8-11-18)19(21)12-9-16-6-5-14(2)13-15(16)3/h5-13,20H,4H2,1-3H3. The van der Waals surface area contributed by atoms with E-state index in [4.69, 9.17) is 0 Å². The van der Waals surface area contributed by atoms with Crippen molar-refractivity contribution in [2.45, 2.75) is 20.8 Å². The van der Waals surface area contributed by atoms with E-state index in [0.717, 1.165) is 11.1 Å². The van der Waals surface area contributed by atoms with Crippen LogP contribution >= 0.6 is 0 Å². The van der Waals surface area contributed by atoms with Crippen LogP contribution in [0.3, 0.4) is 0 Å². The average molecular weight is 343 g/mol. The molecule has 1 N–H and O–H groups in total. The molecule has 126 valence electrons. The number of aryl methyl sites for hydroxylation is 2. The second kappa shape index (κ2) is 7.45. The van der Waals surface area contributed by atoms with Gasteiger partial charge in [-0.25, -0.2) is 8.42 Å². The van der Waals surface area contributed by atoms with E-state index in [1.54, 1.807) is 37.3 Å². The van der Waals surface area contributed by atoms with Crippen molar-refractivity contribution in [3.8, 4) is 0 Å². The van der Waals surface area contributed by atoms with E-state index in [-0.39, 0.29) is 11.5 Å². The van der Waals surface area contributed by atoms with Crippen LogP contribution in [0.2, 0.25) is 0 Å². The van der Waals surface area contributed by atoms with Crippen molar-refractivity contribution in [2.75, 3.05) is 10.5 Å². The smallest absolute Gasteiger partial charge is 0.232 e. The number of carbonyl (C=O) groups is 1. The third kappa shape index (κ3) is 4.80. The molecule has 0 amide bonds. The van der Waals surface area contributed by atoms with Gasteiger partial charge in [-0.2, -0.15) is 0 Å². The number of benzene rings is 2. The van der Waals surface area contributed by atoms with Gasteiger partial charge in [0, 0.05) is 11.3 Å². The molecule has 0 radical (unpaired) electrons. The number of allylic oxidation sites excluding steroid dienone is 1. The summed E-state index contributed by atoms with van der Waals surface area (Å²) in [4.78, 5) is 12.2. The van der Waals surface area contributed by atoms with Crippen molar-refractivity contribution in [1.29, 1.82) is 0 Å². The highest BCUT2D eigenvalue weighted by atomic mass is 32.2. The lowest BCUT2D eigenvalue weighted by Crippen LogP contribution is -2.14. The lowest BCUT2D eigenvalue weighted by molar-refractivity contribution is 0.104. The Bertz CT molecular complexity index is 866. The zero-order valence-electron chi connectivity index (χ0n) is 14.0. The maximum absolute atomic E-state index is 12.2. The molecule has 2 aromatic rings. The Hall–Kier alpha value is -2.40.